The highest BCUT2D eigenvalue weighted by Crippen LogP contribution is 2.49. The summed E-state index contributed by atoms with van der Waals surface area (Å²) in [6.45, 7) is 3.09. The molecule has 1 fully saturated rings. The van der Waals surface area contributed by atoms with Crippen LogP contribution in [-0.4, -0.2) is 57.0 Å². The van der Waals surface area contributed by atoms with Crippen molar-refractivity contribution in [3.63, 3.8) is 0 Å². The van der Waals surface area contributed by atoms with Crippen LogP contribution in [0.5, 0.6) is 0 Å². The molecule has 0 bridgehead atoms. The summed E-state index contributed by atoms with van der Waals surface area (Å²) in [5.74, 6) is -1.01. The number of carbonyl (C=O) groups is 2. The number of fused-ring (bicyclic) bond motifs is 1. The number of hydrogen-bond donors (Lipinski definition) is 2. The van der Waals surface area contributed by atoms with Crippen molar-refractivity contribution in [3.05, 3.63) is 78.1 Å². The van der Waals surface area contributed by atoms with E-state index in [1.54, 1.807) is 36.0 Å². The smallest absolute Gasteiger partial charge is 0.414 e. The topological polar surface area (TPSA) is 121 Å². The maximum absolute atomic E-state index is 13.8. The number of rotatable bonds is 9. The first-order chi connectivity index (χ1) is 17.9. The SMILES string of the molecule is C[C@H](/C=C/CCn1cc(CCO)nn1)[C@@]1(O)C(=O)N(c2ccccc2)c2ccc(N3CCOC3=O)cc21. The molecule has 3 heterocycles. The number of carbonyl (C=O) groups excluding carboxylic acids is 2. The number of cyclic esters (lactones) is 1. The van der Waals surface area contributed by atoms with Crippen LogP contribution < -0.4 is 9.80 Å². The van der Waals surface area contributed by atoms with Crippen LogP contribution in [0.3, 0.4) is 0 Å². The molecule has 2 amide bonds. The van der Waals surface area contributed by atoms with Crippen molar-refractivity contribution >= 4 is 29.1 Å². The summed E-state index contributed by atoms with van der Waals surface area (Å²) in [4.78, 5) is 29.0. The number of nitrogens with zero attached hydrogens (tertiary/aromatic N) is 5. The van der Waals surface area contributed by atoms with Crippen LogP contribution in [0.4, 0.5) is 21.9 Å². The number of allylic oxidation sites excluding steroid dienone is 1. The van der Waals surface area contributed by atoms with Crippen LogP contribution in [0.1, 0.15) is 24.6 Å². The number of ether oxygens (including phenoxy) is 1. The van der Waals surface area contributed by atoms with Gasteiger partial charge in [0.2, 0.25) is 0 Å². The standard InChI is InChI=1S/C27H29N5O5/c1-19(7-5-6-13-30-18-20(12-15-33)28-29-30)27(36)23-17-22(31-14-16-37-26(31)35)10-11-24(23)32(25(27)34)21-8-3-2-4-9-21/h2-5,7-11,17-19,33,36H,6,12-16H2,1H3/b7-5+/t19-,27+/m1/s1. The molecule has 10 heteroatoms. The average Bonchev–Trinajstić information content (AvgIpc) is 3.60. The van der Waals surface area contributed by atoms with E-state index in [1.165, 1.54) is 9.80 Å². The van der Waals surface area contributed by atoms with Gasteiger partial charge in [-0.15, -0.1) is 5.10 Å². The van der Waals surface area contributed by atoms with Crippen LogP contribution >= 0.6 is 0 Å². The fraction of sp³-hybridized carbons (Fsp3) is 0.333. The van der Waals surface area contributed by atoms with E-state index < -0.39 is 23.5 Å². The van der Waals surface area contributed by atoms with Crippen molar-refractivity contribution in [2.45, 2.75) is 31.9 Å². The van der Waals surface area contributed by atoms with Gasteiger partial charge in [0.1, 0.15) is 6.61 Å². The van der Waals surface area contributed by atoms with Gasteiger partial charge in [0.05, 0.1) is 17.9 Å². The number of hydrogen-bond acceptors (Lipinski definition) is 7. The third kappa shape index (κ3) is 4.49. The summed E-state index contributed by atoms with van der Waals surface area (Å²) >= 11 is 0. The van der Waals surface area contributed by atoms with Gasteiger partial charge in [-0.25, -0.2) is 4.79 Å². The second-order valence-electron chi connectivity index (χ2n) is 9.16. The highest BCUT2D eigenvalue weighted by molar-refractivity contribution is 6.12. The maximum atomic E-state index is 13.8. The Labute approximate surface area is 214 Å². The van der Waals surface area contributed by atoms with Gasteiger partial charge in [-0.05, 0) is 36.8 Å². The lowest BCUT2D eigenvalue weighted by atomic mass is 9.82. The van der Waals surface area contributed by atoms with Crippen molar-refractivity contribution in [2.24, 2.45) is 5.92 Å². The zero-order valence-electron chi connectivity index (χ0n) is 20.5. The second-order valence-corrected chi connectivity index (χ2v) is 9.16. The van der Waals surface area contributed by atoms with Crippen LogP contribution in [0, 0.1) is 5.92 Å². The number of anilines is 3. The minimum Gasteiger partial charge on any atom is -0.447 e. The van der Waals surface area contributed by atoms with E-state index in [-0.39, 0.29) is 6.61 Å². The molecule has 0 spiro atoms. The molecule has 3 aromatic rings. The molecule has 37 heavy (non-hydrogen) atoms. The van der Waals surface area contributed by atoms with E-state index >= 15 is 0 Å². The van der Waals surface area contributed by atoms with Gasteiger partial charge < -0.3 is 14.9 Å². The van der Waals surface area contributed by atoms with E-state index in [2.05, 4.69) is 10.3 Å². The van der Waals surface area contributed by atoms with Gasteiger partial charge in [-0.1, -0.05) is 42.5 Å². The summed E-state index contributed by atoms with van der Waals surface area (Å²) in [5.41, 5.74) is 1.14. The van der Waals surface area contributed by atoms with Gasteiger partial charge >= 0.3 is 6.09 Å². The molecule has 5 rings (SSSR count). The molecular weight excluding hydrogens is 474 g/mol. The Morgan fingerprint density at radius 3 is 2.70 bits per heavy atom. The van der Waals surface area contributed by atoms with Crippen LogP contribution in [0.15, 0.2) is 66.9 Å². The van der Waals surface area contributed by atoms with Gasteiger partial charge in [0, 0.05) is 48.6 Å². The van der Waals surface area contributed by atoms with Gasteiger partial charge in [0.25, 0.3) is 5.91 Å². The minimum atomic E-state index is -1.83. The predicted octanol–water partition coefficient (Wildman–Crippen LogP) is 2.92. The third-order valence-electron chi connectivity index (χ3n) is 6.81. The number of aliphatic hydroxyl groups excluding tert-OH is 1. The molecule has 0 aliphatic carbocycles. The molecule has 1 aromatic heterocycles. The molecule has 2 aromatic carbocycles. The Hall–Kier alpha value is -4.02. The largest absolute Gasteiger partial charge is 0.447 e. The van der Waals surface area contributed by atoms with E-state index in [0.717, 1.165) is 5.69 Å². The fourth-order valence-corrected chi connectivity index (χ4v) is 4.81. The molecular formula is C27H29N5O5. The Kier molecular flexibility index (Phi) is 6.77. The summed E-state index contributed by atoms with van der Waals surface area (Å²) in [6, 6.07) is 14.4. The number of aliphatic hydroxyl groups is 2. The second kappa shape index (κ2) is 10.2. The molecule has 0 radical (unpaired) electrons. The van der Waals surface area contributed by atoms with Crippen LogP contribution in [0.25, 0.3) is 0 Å². The van der Waals surface area contributed by atoms with Crippen molar-refractivity contribution in [2.75, 3.05) is 29.6 Å². The fourth-order valence-electron chi connectivity index (χ4n) is 4.81. The highest BCUT2D eigenvalue weighted by Gasteiger charge is 2.53. The molecule has 2 N–H and O–H groups in total. The van der Waals surface area contributed by atoms with Gasteiger partial charge in [-0.3, -0.25) is 19.3 Å². The van der Waals surface area contributed by atoms with Crippen LogP contribution in [-0.2, 0) is 28.1 Å². The summed E-state index contributed by atoms with van der Waals surface area (Å²) in [6.07, 6.45) is 6.16. The van der Waals surface area contributed by atoms with Crippen molar-refractivity contribution in [1.29, 1.82) is 0 Å². The Morgan fingerprint density at radius 1 is 1.16 bits per heavy atom. The van der Waals surface area contributed by atoms with Crippen molar-refractivity contribution < 1.29 is 24.5 Å². The zero-order chi connectivity index (χ0) is 26.0. The lowest BCUT2D eigenvalue weighted by Crippen LogP contribution is -2.42. The monoisotopic (exact) mass is 503 g/mol. The minimum absolute atomic E-state index is 0.0187. The molecule has 0 unspecified atom stereocenters. The number of amides is 2. The first-order valence-electron chi connectivity index (χ1n) is 12.3. The normalized spacial score (nSPS) is 20.1. The average molecular weight is 504 g/mol. The van der Waals surface area contributed by atoms with Crippen molar-refractivity contribution in [3.8, 4) is 0 Å². The molecule has 2 atom stereocenters. The maximum Gasteiger partial charge on any atom is 0.414 e. The van der Waals surface area contributed by atoms with Crippen LogP contribution in [0.2, 0.25) is 0 Å². The third-order valence-corrected chi connectivity index (χ3v) is 6.81. The number of aromatic nitrogens is 3. The summed E-state index contributed by atoms with van der Waals surface area (Å²) in [7, 11) is 0. The first kappa shape index (κ1) is 24.7. The molecule has 1 saturated heterocycles. The molecule has 2 aliphatic rings. The molecule has 192 valence electrons. The zero-order valence-corrected chi connectivity index (χ0v) is 20.5. The Bertz CT molecular complexity index is 1320. The van der Waals surface area contributed by atoms with E-state index in [9.17, 15) is 14.7 Å². The van der Waals surface area contributed by atoms with E-state index in [1.807, 2.05) is 42.5 Å². The predicted molar refractivity (Wildman–Crippen MR) is 136 cm³/mol. The number of benzene rings is 2. The van der Waals surface area contributed by atoms with E-state index in [4.69, 9.17) is 9.84 Å². The Balaban J connectivity index is 1.43. The van der Waals surface area contributed by atoms with E-state index in [0.29, 0.717) is 55.2 Å². The number of aryl methyl sites for hydroxylation is 1. The lowest BCUT2D eigenvalue weighted by molar-refractivity contribution is -0.138. The molecule has 0 saturated carbocycles. The van der Waals surface area contributed by atoms with Crippen molar-refractivity contribution in [1.82, 2.24) is 15.0 Å². The highest BCUT2D eigenvalue weighted by atomic mass is 16.6. The Morgan fingerprint density at radius 2 is 1.97 bits per heavy atom. The lowest BCUT2D eigenvalue weighted by Gasteiger charge is -2.28. The van der Waals surface area contributed by atoms with Gasteiger partial charge in [-0.2, -0.15) is 0 Å². The molecule has 10 nitrogen and oxygen atoms in total. The first-order valence-corrected chi connectivity index (χ1v) is 12.3. The molecule has 2 aliphatic heterocycles. The summed E-state index contributed by atoms with van der Waals surface area (Å²) < 4.78 is 6.78. The van der Waals surface area contributed by atoms with Gasteiger partial charge in [0.15, 0.2) is 5.60 Å². The summed E-state index contributed by atoms with van der Waals surface area (Å²) in [5, 5.41) is 29.1. The quantitative estimate of drug-likeness (QED) is 0.431. The number of para-hydroxylation sites is 1.